The van der Waals surface area contributed by atoms with E-state index in [1.807, 2.05) is 18.2 Å². The Morgan fingerprint density at radius 2 is 1.93 bits per heavy atom. The molecule has 0 heterocycles. The summed E-state index contributed by atoms with van der Waals surface area (Å²) >= 11 is 0. The number of hydrogen-bond acceptors (Lipinski definition) is 4. The van der Waals surface area contributed by atoms with Gasteiger partial charge in [0.2, 0.25) is 0 Å². The van der Waals surface area contributed by atoms with Crippen molar-refractivity contribution in [3.63, 3.8) is 0 Å². The van der Waals surface area contributed by atoms with Crippen molar-refractivity contribution in [1.82, 2.24) is 0 Å². The number of nitro groups is 1. The van der Waals surface area contributed by atoms with Gasteiger partial charge in [-0.15, -0.1) is 0 Å². The molecule has 1 aromatic carbocycles. The SMILES string of the molecule is CC(=N)c1ccccc1N.C[N+](=O)[O-]. The highest BCUT2D eigenvalue weighted by molar-refractivity contribution is 6.00. The number of nitrogen functional groups attached to an aromatic ring is 1. The van der Waals surface area contributed by atoms with Gasteiger partial charge >= 0.3 is 0 Å². The van der Waals surface area contributed by atoms with Gasteiger partial charge in [0.05, 0.1) is 0 Å². The van der Waals surface area contributed by atoms with Crippen LogP contribution in [-0.2, 0) is 0 Å². The zero-order valence-corrected chi connectivity index (χ0v) is 8.15. The van der Waals surface area contributed by atoms with Crippen LogP contribution in [0.15, 0.2) is 24.3 Å². The van der Waals surface area contributed by atoms with Gasteiger partial charge in [0.1, 0.15) is 0 Å². The van der Waals surface area contributed by atoms with E-state index in [0.29, 0.717) is 11.4 Å². The van der Waals surface area contributed by atoms with Crippen LogP contribution in [0.2, 0.25) is 0 Å². The monoisotopic (exact) mass is 195 g/mol. The molecule has 0 radical (unpaired) electrons. The third kappa shape index (κ3) is 4.87. The number of nitrogens with zero attached hydrogens (tertiary/aromatic N) is 1. The third-order valence-corrected chi connectivity index (χ3v) is 1.36. The molecule has 3 N–H and O–H groups in total. The van der Waals surface area contributed by atoms with Crippen molar-refractivity contribution >= 4 is 11.4 Å². The van der Waals surface area contributed by atoms with E-state index in [4.69, 9.17) is 21.3 Å². The molecule has 0 aromatic heterocycles. The molecule has 0 amide bonds. The molecule has 0 atom stereocenters. The number of rotatable bonds is 1. The van der Waals surface area contributed by atoms with Gasteiger partial charge in [-0.05, 0) is 13.0 Å². The van der Waals surface area contributed by atoms with E-state index in [0.717, 1.165) is 12.6 Å². The second-order valence-electron chi connectivity index (χ2n) is 2.65. The maximum Gasteiger partial charge on any atom is 0.194 e. The smallest absolute Gasteiger partial charge is 0.194 e. The van der Waals surface area contributed by atoms with E-state index in [2.05, 4.69) is 0 Å². The number of nitrogens with one attached hydrogen (secondary N) is 1. The van der Waals surface area contributed by atoms with Crippen molar-refractivity contribution in [2.24, 2.45) is 0 Å². The number of benzene rings is 1. The molecular weight excluding hydrogens is 182 g/mol. The molecule has 0 fully saturated rings. The Hall–Kier alpha value is -1.91. The fourth-order valence-corrected chi connectivity index (χ4v) is 0.839. The van der Waals surface area contributed by atoms with Crippen molar-refractivity contribution in [3.8, 4) is 0 Å². The summed E-state index contributed by atoms with van der Waals surface area (Å²) in [4.78, 5) is 8.31. The van der Waals surface area contributed by atoms with E-state index in [1.165, 1.54) is 0 Å². The zero-order chi connectivity index (χ0) is 11.1. The molecule has 0 aliphatic carbocycles. The lowest BCUT2D eigenvalue weighted by Gasteiger charge is -2.00. The lowest BCUT2D eigenvalue weighted by Crippen LogP contribution is -1.97. The minimum Gasteiger partial charge on any atom is -0.398 e. The summed E-state index contributed by atoms with van der Waals surface area (Å²) in [5, 5.41) is 16.1. The van der Waals surface area contributed by atoms with Crippen LogP contribution in [0.4, 0.5) is 5.69 Å². The van der Waals surface area contributed by atoms with Crippen molar-refractivity contribution in [1.29, 1.82) is 5.41 Å². The Morgan fingerprint density at radius 1 is 1.50 bits per heavy atom. The van der Waals surface area contributed by atoms with E-state index < -0.39 is 4.92 Å². The highest BCUT2D eigenvalue weighted by atomic mass is 16.6. The highest BCUT2D eigenvalue weighted by Crippen LogP contribution is 2.09. The van der Waals surface area contributed by atoms with Crippen LogP contribution in [0.3, 0.4) is 0 Å². The Morgan fingerprint density at radius 3 is 2.21 bits per heavy atom. The van der Waals surface area contributed by atoms with E-state index >= 15 is 0 Å². The molecular formula is C9H13N3O2. The molecule has 76 valence electrons. The van der Waals surface area contributed by atoms with Crippen molar-refractivity contribution in [2.75, 3.05) is 12.8 Å². The van der Waals surface area contributed by atoms with Crippen LogP contribution in [0, 0.1) is 15.5 Å². The number of nitrogens with two attached hydrogens (primary N) is 1. The molecule has 1 aromatic rings. The summed E-state index contributed by atoms with van der Waals surface area (Å²) in [5.41, 5.74) is 7.59. The van der Waals surface area contributed by atoms with Crippen LogP contribution < -0.4 is 5.73 Å². The average molecular weight is 195 g/mol. The molecule has 0 saturated heterocycles. The standard InChI is InChI=1S/C8H10N2.CH3NO2/c1-6(9)7-4-2-3-5-8(7)10;1-2(3)4/h2-5,9H,10H2,1H3;1H3. The summed E-state index contributed by atoms with van der Waals surface area (Å²) < 4.78 is 0. The van der Waals surface area contributed by atoms with Crippen LogP contribution in [-0.4, -0.2) is 17.7 Å². The summed E-state index contributed by atoms with van der Waals surface area (Å²) in [6.07, 6.45) is 0. The maximum absolute atomic E-state index is 8.81. The number of anilines is 1. The van der Waals surface area contributed by atoms with E-state index in [1.54, 1.807) is 13.0 Å². The maximum atomic E-state index is 8.81. The van der Waals surface area contributed by atoms with Gasteiger partial charge in [-0.2, -0.15) is 0 Å². The molecule has 5 heteroatoms. The largest absolute Gasteiger partial charge is 0.398 e. The fourth-order valence-electron chi connectivity index (χ4n) is 0.839. The summed E-state index contributed by atoms with van der Waals surface area (Å²) in [5.74, 6) is 0. The molecule has 0 saturated carbocycles. The fraction of sp³-hybridized carbons (Fsp3) is 0.222. The molecule has 14 heavy (non-hydrogen) atoms. The van der Waals surface area contributed by atoms with Crippen molar-refractivity contribution in [2.45, 2.75) is 6.92 Å². The first-order chi connectivity index (χ1) is 6.45. The van der Waals surface area contributed by atoms with Gasteiger partial charge in [0, 0.05) is 21.9 Å². The van der Waals surface area contributed by atoms with Crippen LogP contribution >= 0.6 is 0 Å². The second-order valence-corrected chi connectivity index (χ2v) is 2.65. The van der Waals surface area contributed by atoms with Gasteiger partial charge in [-0.25, -0.2) is 0 Å². The predicted octanol–water partition coefficient (Wildman–Crippen LogP) is 1.55. The van der Waals surface area contributed by atoms with E-state index in [9.17, 15) is 0 Å². The minimum absolute atomic E-state index is 0.500. The minimum atomic E-state index is -0.500. The first kappa shape index (κ1) is 12.1. The Kier molecular flexibility index (Phi) is 4.91. The number of hydrogen-bond donors (Lipinski definition) is 2. The summed E-state index contributed by atoms with van der Waals surface area (Å²) in [6.45, 7) is 1.73. The first-order valence-corrected chi connectivity index (χ1v) is 3.93. The van der Waals surface area contributed by atoms with Crippen molar-refractivity contribution in [3.05, 3.63) is 39.9 Å². The Balaban J connectivity index is 0.000000364. The van der Waals surface area contributed by atoms with Crippen LogP contribution in [0.25, 0.3) is 0 Å². The lowest BCUT2D eigenvalue weighted by molar-refractivity contribution is -0.445. The molecule has 0 unspecified atom stereocenters. The number of para-hydroxylation sites is 1. The molecule has 5 nitrogen and oxygen atoms in total. The summed E-state index contributed by atoms with van der Waals surface area (Å²) in [7, 11) is 0.889. The van der Waals surface area contributed by atoms with Gasteiger partial charge in [0.25, 0.3) is 0 Å². The zero-order valence-electron chi connectivity index (χ0n) is 8.15. The molecule has 1 rings (SSSR count). The molecule has 0 bridgehead atoms. The predicted molar refractivity (Wildman–Crippen MR) is 56.3 cm³/mol. The van der Waals surface area contributed by atoms with Gasteiger partial charge < -0.3 is 11.1 Å². The van der Waals surface area contributed by atoms with Gasteiger partial charge in [-0.3, -0.25) is 10.1 Å². The molecule has 0 aliphatic rings. The average Bonchev–Trinajstić information content (AvgIpc) is 2.03. The van der Waals surface area contributed by atoms with Crippen molar-refractivity contribution < 1.29 is 4.92 Å². The summed E-state index contributed by atoms with van der Waals surface area (Å²) in [6, 6.07) is 7.39. The Bertz CT molecular complexity index is 333. The Labute approximate surface area is 82.2 Å². The molecule has 0 spiro atoms. The third-order valence-electron chi connectivity index (χ3n) is 1.36. The quantitative estimate of drug-likeness (QED) is 0.308. The van der Waals surface area contributed by atoms with E-state index in [-0.39, 0.29) is 0 Å². The first-order valence-electron chi connectivity index (χ1n) is 3.93. The lowest BCUT2D eigenvalue weighted by atomic mass is 10.1. The highest BCUT2D eigenvalue weighted by Gasteiger charge is 1.96. The van der Waals surface area contributed by atoms with Crippen LogP contribution in [0.1, 0.15) is 12.5 Å². The topological polar surface area (TPSA) is 93.0 Å². The molecule has 0 aliphatic heterocycles. The van der Waals surface area contributed by atoms with Crippen LogP contribution in [0.5, 0.6) is 0 Å². The van der Waals surface area contributed by atoms with Gasteiger partial charge in [-0.1, -0.05) is 18.2 Å². The normalized spacial score (nSPS) is 8.43. The van der Waals surface area contributed by atoms with Gasteiger partial charge in [0.15, 0.2) is 7.05 Å². The second kappa shape index (κ2) is 5.69.